The van der Waals surface area contributed by atoms with Crippen LogP contribution in [-0.4, -0.2) is 0 Å². The Balaban J connectivity index is 4.53. The van der Waals surface area contributed by atoms with E-state index in [0.29, 0.717) is 0 Å². The van der Waals surface area contributed by atoms with Gasteiger partial charge in [-0.05, 0) is 0 Å². The van der Waals surface area contributed by atoms with Gasteiger partial charge in [-0.25, -0.2) is 10.7 Å². The molecule has 0 unspecified atom stereocenters. The number of nitrogens with two attached hydrogens (primary N) is 1. The van der Waals surface area contributed by atoms with E-state index in [2.05, 4.69) is 5.50 Å². The van der Waals surface area contributed by atoms with Gasteiger partial charge in [0, 0.05) is 0 Å². The molecule has 0 amide bonds. The first kappa shape index (κ1) is 9.14. The molecule has 0 aromatic rings. The van der Waals surface area contributed by atoms with Crippen LogP contribution in [-0.2, 0) is 0 Å². The highest BCUT2D eigenvalue weighted by Crippen LogP contribution is 2.62. The van der Waals surface area contributed by atoms with Gasteiger partial charge in [0.1, 0.15) is 0 Å². The molecule has 0 spiro atoms. The summed E-state index contributed by atoms with van der Waals surface area (Å²) >= 11 is 0. The van der Waals surface area contributed by atoms with Crippen molar-refractivity contribution in [1.29, 1.82) is 5.16 Å². The maximum absolute atomic E-state index is 11.4. The first-order valence-electron chi connectivity index (χ1n) is 1.56. The minimum absolute atomic E-state index is 1.54. The van der Waals surface area contributed by atoms with Crippen LogP contribution in [0.3, 0.4) is 0 Å². The number of nitrogens with zero attached hydrogens (tertiary/aromatic N) is 1. The fourth-order valence-corrected chi connectivity index (χ4v) is 1.35. The zero-order valence-electron chi connectivity index (χ0n) is 3.93. The zero-order chi connectivity index (χ0) is 7.71. The summed E-state index contributed by atoms with van der Waals surface area (Å²) < 4.78 is 46.9. The van der Waals surface area contributed by atoms with Gasteiger partial charge in [0.25, 0.3) is 0 Å². The Morgan fingerprint density at radius 2 is 1.56 bits per heavy atom. The molecular weight excluding hydrogens is 180 g/mol. The molecule has 9 heteroatoms. The van der Waals surface area contributed by atoms with Crippen LogP contribution in [0.1, 0.15) is 0 Å². The number of rotatable bonds is 1. The monoisotopic (exact) mass is 183 g/mol. The van der Waals surface area contributed by atoms with Crippen LogP contribution in [0.25, 0.3) is 0 Å². The average molecular weight is 183 g/mol. The van der Waals surface area contributed by atoms with Gasteiger partial charge in [0.05, 0.1) is 0 Å². The van der Waals surface area contributed by atoms with Crippen molar-refractivity contribution in [3.05, 3.63) is 0 Å². The van der Waals surface area contributed by atoms with Crippen LogP contribution in [0.5, 0.6) is 0 Å². The van der Waals surface area contributed by atoms with E-state index in [-0.39, 0.29) is 0 Å². The van der Waals surface area contributed by atoms with Gasteiger partial charge in [-0.15, -0.1) is 12.9 Å². The molecule has 0 saturated heterocycles. The van der Waals surface area contributed by atoms with Crippen molar-refractivity contribution in [2.45, 2.75) is 0 Å². The Bertz CT molecular complexity index is 176. The highest BCUT2D eigenvalue weighted by atomic mass is 31.3. The van der Waals surface area contributed by atoms with E-state index in [4.69, 9.17) is 5.16 Å². The standard InChI is InChI=1S/F4H3N3P2/c1-8(2,5)7-9(3,4)6/h5H,6H2. The Labute approximate surface area is 48.7 Å². The molecule has 3 N–H and O–H groups in total. The second kappa shape index (κ2) is 2.40. The molecule has 0 aliphatic heterocycles. The van der Waals surface area contributed by atoms with Crippen LogP contribution in [0.2, 0.25) is 0 Å². The summed E-state index contributed by atoms with van der Waals surface area (Å²) in [6, 6.07) is 0. The molecule has 9 heavy (non-hydrogen) atoms. The molecule has 0 atom stereocenters. The van der Waals surface area contributed by atoms with Crippen LogP contribution < -0.4 is 5.50 Å². The molecule has 0 radical (unpaired) electrons. The summed E-state index contributed by atoms with van der Waals surface area (Å²) in [6.45, 7) is 0. The molecule has 0 saturated carbocycles. The third kappa shape index (κ3) is 8.14. The van der Waals surface area contributed by atoms with E-state index >= 15 is 0 Å². The summed E-state index contributed by atoms with van der Waals surface area (Å²) in [4.78, 5) is 0. The number of nitrogens with one attached hydrogen (secondary N) is 1. The van der Waals surface area contributed by atoms with Crippen molar-refractivity contribution < 1.29 is 16.8 Å². The van der Waals surface area contributed by atoms with E-state index < -0.39 is 15.7 Å². The summed E-state index contributed by atoms with van der Waals surface area (Å²) in [7, 11) is -10.8. The van der Waals surface area contributed by atoms with Crippen molar-refractivity contribution in [3.8, 4) is 0 Å². The van der Waals surface area contributed by atoms with E-state index in [1.807, 2.05) is 0 Å². The quantitative estimate of drug-likeness (QED) is 0.475. The van der Waals surface area contributed by atoms with Gasteiger partial charge < -0.3 is 0 Å². The largest absolute Gasteiger partial charge is 0.413 e. The number of halogens is 4. The van der Waals surface area contributed by atoms with Crippen molar-refractivity contribution in [3.63, 3.8) is 0 Å². The second-order valence-corrected chi connectivity index (χ2v) is 3.83. The molecule has 0 fully saturated rings. The molecule has 0 aliphatic rings. The second-order valence-electron chi connectivity index (χ2n) is 1.10. The smallest absolute Gasteiger partial charge is 0.246 e. The van der Waals surface area contributed by atoms with Crippen molar-refractivity contribution in [2.75, 3.05) is 0 Å². The number of hydrogen-bond acceptors (Lipinski definition) is 1. The lowest BCUT2D eigenvalue weighted by Gasteiger charge is -1.95. The molecule has 0 aromatic heterocycles. The lowest BCUT2D eigenvalue weighted by molar-refractivity contribution is 0.697. The van der Waals surface area contributed by atoms with Gasteiger partial charge in [0.2, 0.25) is 0 Å². The molecule has 0 aromatic carbocycles. The predicted molar refractivity (Wildman–Crippen MR) is 27.6 cm³/mol. The van der Waals surface area contributed by atoms with Gasteiger partial charge in [-0.2, -0.15) is 8.39 Å². The van der Waals surface area contributed by atoms with Crippen LogP contribution >= 0.6 is 15.7 Å². The highest BCUT2D eigenvalue weighted by Gasteiger charge is 2.19. The fourth-order valence-electron chi connectivity index (χ4n) is 0.150. The van der Waals surface area contributed by atoms with Crippen LogP contribution in [0.4, 0.5) is 16.8 Å². The maximum Gasteiger partial charge on any atom is 0.413 e. The molecule has 0 aliphatic carbocycles. The number of hydrogen-bond donors (Lipinski definition) is 2. The SMILES string of the molecule is N=P(F)(F)N=P(N)(F)F. The van der Waals surface area contributed by atoms with Crippen LogP contribution in [0.15, 0.2) is 4.52 Å². The first-order valence-corrected chi connectivity index (χ1v) is 4.67. The normalized spacial score (nSPS) is 13.4. The Hall–Kier alpha value is 0.140. The van der Waals surface area contributed by atoms with E-state index in [9.17, 15) is 16.8 Å². The van der Waals surface area contributed by atoms with Crippen molar-refractivity contribution in [2.24, 2.45) is 10.0 Å². The van der Waals surface area contributed by atoms with Gasteiger partial charge >= 0.3 is 15.7 Å². The predicted octanol–water partition coefficient (Wildman–Crippen LogP) is 3.29. The minimum atomic E-state index is -5.49. The third-order valence-electron chi connectivity index (χ3n) is 0.232. The third-order valence-corrected chi connectivity index (χ3v) is 2.08. The summed E-state index contributed by atoms with van der Waals surface area (Å²) in [5.41, 5.74) is 3.86. The Morgan fingerprint density at radius 1 is 1.22 bits per heavy atom. The van der Waals surface area contributed by atoms with Crippen molar-refractivity contribution >= 4 is 15.7 Å². The van der Waals surface area contributed by atoms with E-state index in [1.54, 1.807) is 4.52 Å². The fraction of sp³-hybridized carbons (Fsp3) is 0. The first-order chi connectivity index (χ1) is 3.71. The maximum atomic E-state index is 11.4. The summed E-state index contributed by atoms with van der Waals surface area (Å²) in [5.74, 6) is 0. The molecule has 0 rings (SSSR count). The minimum Gasteiger partial charge on any atom is -0.246 e. The molecule has 56 valence electrons. The molecule has 0 bridgehead atoms. The van der Waals surface area contributed by atoms with Gasteiger partial charge in [0.15, 0.2) is 0 Å². The molecule has 3 nitrogen and oxygen atoms in total. The highest BCUT2D eigenvalue weighted by molar-refractivity contribution is 7.64. The van der Waals surface area contributed by atoms with Gasteiger partial charge in [-0.1, -0.05) is 0 Å². The molecule has 0 heterocycles. The topological polar surface area (TPSA) is 62.2 Å². The summed E-state index contributed by atoms with van der Waals surface area (Å²) in [5, 5.41) is 5.67. The zero-order valence-corrected chi connectivity index (χ0v) is 5.72. The lowest BCUT2D eigenvalue weighted by Crippen LogP contribution is -1.77. The Morgan fingerprint density at radius 3 is 1.56 bits per heavy atom. The Kier molecular flexibility index (Phi) is 2.44. The lowest BCUT2D eigenvalue weighted by atomic mass is 13.9. The van der Waals surface area contributed by atoms with Gasteiger partial charge in [-0.3, -0.25) is 0 Å². The van der Waals surface area contributed by atoms with E-state index in [0.717, 1.165) is 0 Å². The van der Waals surface area contributed by atoms with Crippen molar-refractivity contribution in [1.82, 2.24) is 0 Å². The summed E-state index contributed by atoms with van der Waals surface area (Å²) in [6.07, 6.45) is 0. The van der Waals surface area contributed by atoms with E-state index in [1.165, 1.54) is 0 Å². The average Bonchev–Trinajstić information content (AvgIpc) is 1.14. The van der Waals surface area contributed by atoms with Crippen LogP contribution in [0, 0.1) is 5.16 Å². The molecular formula is H3F4N3P2.